The number of anilines is 1. The normalized spacial score (nSPS) is 35.6. The van der Waals surface area contributed by atoms with E-state index in [1.165, 1.54) is 10.9 Å². The third-order valence-electron chi connectivity index (χ3n) is 3.67. The van der Waals surface area contributed by atoms with Crippen molar-refractivity contribution in [2.24, 2.45) is 0 Å². The molecular formula is C10H10BrN5NaO5PS. The first-order valence-electron chi connectivity index (χ1n) is 6.49. The quantitative estimate of drug-likeness (QED) is 0.257. The number of aliphatic hydroxyl groups is 1. The molecule has 24 heavy (non-hydrogen) atoms. The molecule has 0 spiro atoms. The van der Waals surface area contributed by atoms with E-state index in [0.29, 0.717) is 15.9 Å². The molecule has 0 aliphatic carbocycles. The molecular weight excluding hydrogens is 436 g/mol. The summed E-state index contributed by atoms with van der Waals surface area (Å²) in [6.07, 6.45) is -2.20. The minimum atomic E-state index is -3.60. The van der Waals surface area contributed by atoms with Crippen LogP contribution in [0.5, 0.6) is 0 Å². The van der Waals surface area contributed by atoms with Crippen molar-refractivity contribution in [3.63, 3.8) is 0 Å². The van der Waals surface area contributed by atoms with E-state index in [2.05, 4.69) is 30.9 Å². The van der Waals surface area contributed by atoms with Crippen LogP contribution in [-0.4, -0.2) is 49.5 Å². The van der Waals surface area contributed by atoms with Gasteiger partial charge in [0.1, 0.15) is 31.4 Å². The number of imidazole rings is 1. The van der Waals surface area contributed by atoms with Gasteiger partial charge in [-0.25, -0.2) is 15.0 Å². The largest absolute Gasteiger partial charge is 1.00 e. The van der Waals surface area contributed by atoms with E-state index in [-0.39, 0.29) is 42.0 Å². The van der Waals surface area contributed by atoms with E-state index in [9.17, 15) is 10.00 Å². The Morgan fingerprint density at radius 1 is 1.50 bits per heavy atom. The van der Waals surface area contributed by atoms with Crippen LogP contribution in [0.1, 0.15) is 6.23 Å². The Labute approximate surface area is 171 Å². The molecule has 4 rings (SSSR count). The summed E-state index contributed by atoms with van der Waals surface area (Å²) in [7, 11) is 0. The monoisotopic (exact) mass is 445 g/mol. The number of aliphatic hydroxyl groups excluding tert-OH is 1. The van der Waals surface area contributed by atoms with E-state index in [0.717, 1.165) is 0 Å². The maximum absolute atomic E-state index is 11.8. The van der Waals surface area contributed by atoms with Crippen LogP contribution in [0.2, 0.25) is 0 Å². The Kier molecular flexibility index (Phi) is 5.38. The summed E-state index contributed by atoms with van der Waals surface area (Å²) in [5.41, 5.74) is 6.53. The number of fused-ring (bicyclic) bond motifs is 2. The van der Waals surface area contributed by atoms with Gasteiger partial charge >= 0.3 is 29.6 Å². The molecule has 2 aromatic rings. The van der Waals surface area contributed by atoms with Crippen molar-refractivity contribution in [2.75, 3.05) is 12.3 Å². The van der Waals surface area contributed by atoms with E-state index in [1.807, 2.05) is 0 Å². The molecule has 0 saturated carbocycles. The minimum absolute atomic E-state index is 0. The zero-order valence-corrected chi connectivity index (χ0v) is 17.6. The van der Waals surface area contributed by atoms with Gasteiger partial charge in [-0.2, -0.15) is 0 Å². The summed E-state index contributed by atoms with van der Waals surface area (Å²) in [6, 6.07) is 0. The van der Waals surface area contributed by atoms with Crippen molar-refractivity contribution in [2.45, 2.75) is 24.5 Å². The fourth-order valence-corrected chi connectivity index (χ4v) is 4.64. The molecule has 2 aromatic heterocycles. The van der Waals surface area contributed by atoms with E-state index >= 15 is 0 Å². The smallest absolute Gasteiger partial charge is 0.780 e. The number of aromatic nitrogens is 4. The van der Waals surface area contributed by atoms with E-state index in [1.54, 1.807) is 0 Å². The fraction of sp³-hybridized carbons (Fsp3) is 0.500. The first-order valence-corrected chi connectivity index (χ1v) is 9.84. The second kappa shape index (κ2) is 6.78. The van der Waals surface area contributed by atoms with Crippen LogP contribution in [0.25, 0.3) is 11.2 Å². The zero-order chi connectivity index (χ0) is 16.4. The van der Waals surface area contributed by atoms with Crippen molar-refractivity contribution in [1.29, 1.82) is 0 Å². The summed E-state index contributed by atoms with van der Waals surface area (Å²) < 4.78 is 17.8. The van der Waals surface area contributed by atoms with Crippen LogP contribution < -0.4 is 40.2 Å². The molecule has 0 aromatic carbocycles. The molecule has 0 radical (unpaired) electrons. The second-order valence-electron chi connectivity index (χ2n) is 5.05. The Balaban J connectivity index is 0.00000169. The van der Waals surface area contributed by atoms with E-state index in [4.69, 9.17) is 31.3 Å². The molecule has 2 saturated heterocycles. The Bertz CT molecular complexity index is 841. The summed E-state index contributed by atoms with van der Waals surface area (Å²) in [5.74, 6) is 0.203. The molecule has 2 fully saturated rings. The van der Waals surface area contributed by atoms with Gasteiger partial charge in [-0.05, 0) is 15.9 Å². The standard InChI is InChI=1S/C10H11BrN5O5PS.Na/c11-10-15-4-7(12)13-2-14-8(4)16(10)9-5(17)6-3(20-9)1-19-22(18,23)21-6;/h2-3,5-6,9,17H,1H2,(H,18,23)(H2,12,13,14);/q;+1/p-1/t3-,5-,6+,9-,22?;/m1./s1. The van der Waals surface area contributed by atoms with Gasteiger partial charge in [0.2, 0.25) is 0 Å². The summed E-state index contributed by atoms with van der Waals surface area (Å²) >= 11 is 8.00. The van der Waals surface area contributed by atoms with Gasteiger partial charge in [-0.1, -0.05) is 11.8 Å². The van der Waals surface area contributed by atoms with Gasteiger partial charge in [0.25, 0.3) is 0 Å². The predicted octanol–water partition coefficient (Wildman–Crippen LogP) is -3.57. The van der Waals surface area contributed by atoms with Gasteiger partial charge in [0.05, 0.1) is 6.61 Å². The maximum Gasteiger partial charge on any atom is 1.00 e. The van der Waals surface area contributed by atoms with E-state index < -0.39 is 31.3 Å². The molecule has 4 heterocycles. The number of rotatable bonds is 1. The average molecular weight is 446 g/mol. The van der Waals surface area contributed by atoms with Crippen molar-refractivity contribution in [1.82, 2.24) is 19.5 Å². The minimum Gasteiger partial charge on any atom is -0.780 e. The van der Waals surface area contributed by atoms with Crippen LogP contribution in [0.3, 0.4) is 0 Å². The molecule has 0 bridgehead atoms. The SMILES string of the molecule is Nc1ncnc2c1nc(Br)n2[C@@H]1O[C@@H]2COP([O-])(=S)O[C@@H]2[C@H]1O.[Na+]. The van der Waals surface area contributed by atoms with Crippen LogP contribution in [0.4, 0.5) is 5.82 Å². The van der Waals surface area contributed by atoms with Crippen molar-refractivity contribution < 1.29 is 53.3 Å². The third-order valence-corrected chi connectivity index (χ3v) is 5.77. The van der Waals surface area contributed by atoms with Crippen molar-refractivity contribution in [3.05, 3.63) is 11.1 Å². The molecule has 2 aliphatic rings. The zero-order valence-electron chi connectivity index (χ0n) is 12.3. The first kappa shape index (κ1) is 19.1. The van der Waals surface area contributed by atoms with Gasteiger partial charge in [-0.3, -0.25) is 4.57 Å². The van der Waals surface area contributed by atoms with Gasteiger partial charge in [0, 0.05) is 0 Å². The molecule has 124 valence electrons. The van der Waals surface area contributed by atoms with Crippen molar-refractivity contribution >= 4 is 51.4 Å². The number of nitrogens with two attached hydrogens (primary N) is 1. The summed E-state index contributed by atoms with van der Waals surface area (Å²) in [6.45, 7) is -3.63. The first-order chi connectivity index (χ1) is 10.9. The summed E-state index contributed by atoms with van der Waals surface area (Å²) in [4.78, 5) is 24.0. The topological polar surface area (TPSA) is 141 Å². The molecule has 2 aliphatic heterocycles. The van der Waals surface area contributed by atoms with Crippen LogP contribution in [0, 0.1) is 0 Å². The number of nitrogens with zero attached hydrogens (tertiary/aromatic N) is 4. The number of ether oxygens (including phenoxy) is 1. The predicted molar refractivity (Wildman–Crippen MR) is 82.5 cm³/mol. The molecule has 3 N–H and O–H groups in total. The fourth-order valence-electron chi connectivity index (χ4n) is 2.67. The molecule has 5 atom stereocenters. The molecule has 1 unspecified atom stereocenters. The number of halogens is 1. The van der Waals surface area contributed by atoms with Gasteiger partial charge in [0.15, 0.2) is 27.9 Å². The Morgan fingerprint density at radius 3 is 3.00 bits per heavy atom. The van der Waals surface area contributed by atoms with Crippen molar-refractivity contribution in [3.8, 4) is 0 Å². The molecule has 14 heteroatoms. The Hall–Kier alpha value is 0.280. The number of hydrogen-bond donors (Lipinski definition) is 2. The molecule has 10 nitrogen and oxygen atoms in total. The maximum atomic E-state index is 11.8. The Morgan fingerprint density at radius 2 is 2.25 bits per heavy atom. The number of hydrogen-bond acceptors (Lipinski definition) is 10. The van der Waals surface area contributed by atoms with Crippen LogP contribution in [0.15, 0.2) is 11.1 Å². The second-order valence-corrected chi connectivity index (χ2v) is 8.47. The van der Waals surface area contributed by atoms with Gasteiger partial charge in [-0.15, -0.1) is 0 Å². The summed E-state index contributed by atoms with van der Waals surface area (Å²) in [5, 5.41) is 10.5. The van der Waals surface area contributed by atoms with Crippen LogP contribution >= 0.6 is 22.6 Å². The third kappa shape index (κ3) is 3.08. The van der Waals surface area contributed by atoms with Crippen LogP contribution in [-0.2, 0) is 25.6 Å². The molecule has 0 amide bonds. The average Bonchev–Trinajstić information content (AvgIpc) is 2.97. The number of nitrogen functional groups attached to an aromatic ring is 1. The van der Waals surface area contributed by atoms with Gasteiger partial charge < -0.3 is 29.5 Å².